The van der Waals surface area contributed by atoms with Gasteiger partial charge in [-0.15, -0.1) is 0 Å². The first-order valence-corrected chi connectivity index (χ1v) is 8.36. The first-order chi connectivity index (χ1) is 11.6. The van der Waals surface area contributed by atoms with Crippen LogP contribution in [0.5, 0.6) is 0 Å². The number of imidazole rings is 1. The van der Waals surface area contributed by atoms with Crippen molar-refractivity contribution in [1.29, 1.82) is 0 Å². The van der Waals surface area contributed by atoms with Gasteiger partial charge in [-0.3, -0.25) is 9.78 Å². The fourth-order valence-electron chi connectivity index (χ4n) is 3.39. The molecular weight excluding hydrogens is 326 g/mol. The number of nitrogens with one attached hydrogen (secondary N) is 2. The number of aromatic nitrogens is 4. The second kappa shape index (κ2) is 5.63. The van der Waals surface area contributed by atoms with E-state index in [1.54, 1.807) is 17.9 Å². The summed E-state index contributed by atoms with van der Waals surface area (Å²) in [5.74, 6) is 0.458. The Labute approximate surface area is 143 Å². The summed E-state index contributed by atoms with van der Waals surface area (Å²) in [7, 11) is 1.78. The van der Waals surface area contributed by atoms with Gasteiger partial charge in [0, 0.05) is 24.0 Å². The zero-order valence-electron chi connectivity index (χ0n) is 13.3. The molecule has 6 nitrogen and oxygen atoms in total. The van der Waals surface area contributed by atoms with Crippen LogP contribution in [0.2, 0.25) is 5.02 Å². The van der Waals surface area contributed by atoms with E-state index in [0.717, 1.165) is 17.9 Å². The lowest BCUT2D eigenvalue weighted by Gasteiger charge is -2.42. The second-order valence-electron chi connectivity index (χ2n) is 6.44. The molecule has 2 heterocycles. The highest BCUT2D eigenvalue weighted by Crippen LogP contribution is 2.44. The Morgan fingerprint density at radius 3 is 2.96 bits per heavy atom. The van der Waals surface area contributed by atoms with Gasteiger partial charge < -0.3 is 9.88 Å². The predicted molar refractivity (Wildman–Crippen MR) is 94.6 cm³/mol. The summed E-state index contributed by atoms with van der Waals surface area (Å²) in [6, 6.07) is 8.02. The average molecular weight is 344 g/mol. The van der Waals surface area contributed by atoms with Crippen LogP contribution in [0, 0.1) is 0 Å². The van der Waals surface area contributed by atoms with Gasteiger partial charge in [0.1, 0.15) is 0 Å². The van der Waals surface area contributed by atoms with Gasteiger partial charge in [-0.05, 0) is 30.5 Å². The molecule has 7 heteroatoms. The number of nitrogens with zero attached hydrogens (tertiary/aromatic N) is 3. The minimum Gasteiger partial charge on any atom is -0.355 e. The Kier molecular flexibility index (Phi) is 3.57. The van der Waals surface area contributed by atoms with Gasteiger partial charge in [-0.2, -0.15) is 4.98 Å². The molecule has 0 amide bonds. The molecule has 0 atom stereocenters. The molecule has 1 aliphatic carbocycles. The number of aromatic amines is 1. The molecule has 1 fully saturated rings. The van der Waals surface area contributed by atoms with Crippen molar-refractivity contribution in [2.75, 3.05) is 11.9 Å². The van der Waals surface area contributed by atoms with E-state index in [1.165, 1.54) is 12.0 Å². The van der Waals surface area contributed by atoms with Crippen molar-refractivity contribution in [2.45, 2.75) is 24.7 Å². The predicted octanol–water partition coefficient (Wildman–Crippen LogP) is 2.84. The van der Waals surface area contributed by atoms with Crippen LogP contribution in [0.1, 0.15) is 24.8 Å². The van der Waals surface area contributed by atoms with Crippen molar-refractivity contribution in [1.82, 2.24) is 19.5 Å². The van der Waals surface area contributed by atoms with Gasteiger partial charge in [0.15, 0.2) is 11.2 Å². The van der Waals surface area contributed by atoms with Gasteiger partial charge in [0.25, 0.3) is 5.56 Å². The number of halogens is 1. The first kappa shape index (κ1) is 15.2. The Bertz CT molecular complexity index is 957. The maximum absolute atomic E-state index is 12.2. The van der Waals surface area contributed by atoms with Crippen LogP contribution in [0.15, 0.2) is 35.4 Å². The van der Waals surface area contributed by atoms with Crippen LogP contribution in [0.25, 0.3) is 11.2 Å². The van der Waals surface area contributed by atoms with E-state index >= 15 is 0 Å². The summed E-state index contributed by atoms with van der Waals surface area (Å²) in [5, 5.41) is 4.04. The van der Waals surface area contributed by atoms with Gasteiger partial charge in [-0.1, -0.05) is 30.2 Å². The largest absolute Gasteiger partial charge is 0.355 e. The lowest BCUT2D eigenvalue weighted by Crippen LogP contribution is -2.41. The lowest BCUT2D eigenvalue weighted by molar-refractivity contribution is 0.260. The van der Waals surface area contributed by atoms with Gasteiger partial charge in [0.2, 0.25) is 5.95 Å². The van der Waals surface area contributed by atoms with Crippen LogP contribution in [0.4, 0.5) is 5.95 Å². The minimum absolute atomic E-state index is 0.0442. The standard InChI is InChI=1S/C17H18ClN5O/c1-23-10-20-14-13(23)15(24)22-16(21-14)19-9-17(6-3-7-17)11-4-2-5-12(18)8-11/h2,4-5,8,10H,3,6-7,9H2,1H3,(H2,19,21,22,24). The van der Waals surface area contributed by atoms with E-state index in [9.17, 15) is 4.79 Å². The SMILES string of the molecule is Cn1cnc2nc(NCC3(c4cccc(Cl)c4)CCC3)[nH]c(=O)c21. The summed E-state index contributed by atoms with van der Waals surface area (Å²) in [5.41, 5.74) is 2.02. The van der Waals surface area contributed by atoms with Crippen molar-refractivity contribution in [3.63, 3.8) is 0 Å². The zero-order chi connectivity index (χ0) is 16.7. The molecule has 1 aromatic carbocycles. The molecule has 2 N–H and O–H groups in total. The molecule has 0 aliphatic heterocycles. The highest BCUT2D eigenvalue weighted by molar-refractivity contribution is 6.30. The van der Waals surface area contributed by atoms with Gasteiger partial charge in [-0.25, -0.2) is 4.98 Å². The van der Waals surface area contributed by atoms with Gasteiger partial charge in [0.05, 0.1) is 6.33 Å². The maximum Gasteiger partial charge on any atom is 0.278 e. The van der Waals surface area contributed by atoms with E-state index in [4.69, 9.17) is 11.6 Å². The van der Waals surface area contributed by atoms with Crippen molar-refractivity contribution >= 4 is 28.7 Å². The summed E-state index contributed by atoms with van der Waals surface area (Å²) in [6.45, 7) is 0.703. The molecule has 0 spiro atoms. The Morgan fingerprint density at radius 1 is 1.42 bits per heavy atom. The Balaban J connectivity index is 1.61. The smallest absolute Gasteiger partial charge is 0.278 e. The van der Waals surface area contributed by atoms with E-state index < -0.39 is 0 Å². The minimum atomic E-state index is -0.187. The number of fused-ring (bicyclic) bond motifs is 1. The molecule has 1 saturated carbocycles. The monoisotopic (exact) mass is 343 g/mol. The molecule has 0 bridgehead atoms. The number of hydrogen-bond acceptors (Lipinski definition) is 4. The summed E-state index contributed by atoms with van der Waals surface area (Å²) in [4.78, 5) is 23.6. The molecule has 1 aliphatic rings. The average Bonchev–Trinajstić information content (AvgIpc) is 2.88. The molecular formula is C17H18ClN5O. The second-order valence-corrected chi connectivity index (χ2v) is 6.88. The van der Waals surface area contributed by atoms with Crippen molar-refractivity contribution in [3.8, 4) is 0 Å². The molecule has 0 saturated heterocycles. The third-order valence-electron chi connectivity index (χ3n) is 4.92. The van der Waals surface area contributed by atoms with Crippen LogP contribution in [-0.4, -0.2) is 26.1 Å². The lowest BCUT2D eigenvalue weighted by atomic mass is 9.64. The van der Waals surface area contributed by atoms with Crippen molar-refractivity contribution < 1.29 is 0 Å². The Morgan fingerprint density at radius 2 is 2.25 bits per heavy atom. The van der Waals surface area contributed by atoms with E-state index in [0.29, 0.717) is 23.7 Å². The Hall–Kier alpha value is -2.34. The number of aryl methyl sites for hydroxylation is 1. The molecule has 0 radical (unpaired) electrons. The third-order valence-corrected chi connectivity index (χ3v) is 5.16. The fourth-order valence-corrected chi connectivity index (χ4v) is 3.58. The molecule has 2 aromatic heterocycles. The summed E-state index contributed by atoms with van der Waals surface area (Å²) in [6.07, 6.45) is 4.97. The number of hydrogen-bond donors (Lipinski definition) is 2. The van der Waals surface area contributed by atoms with E-state index in [-0.39, 0.29) is 11.0 Å². The fraction of sp³-hybridized carbons (Fsp3) is 0.353. The topological polar surface area (TPSA) is 75.6 Å². The number of benzene rings is 1. The first-order valence-electron chi connectivity index (χ1n) is 7.99. The van der Waals surface area contributed by atoms with E-state index in [2.05, 4.69) is 26.3 Å². The molecule has 0 unspecified atom stereocenters. The number of H-pyrrole nitrogens is 1. The summed E-state index contributed by atoms with van der Waals surface area (Å²) < 4.78 is 1.67. The normalized spacial score (nSPS) is 16.1. The molecule has 124 valence electrons. The van der Waals surface area contributed by atoms with Crippen LogP contribution < -0.4 is 10.9 Å². The highest BCUT2D eigenvalue weighted by atomic mass is 35.5. The van der Waals surface area contributed by atoms with Crippen LogP contribution >= 0.6 is 11.6 Å². The van der Waals surface area contributed by atoms with Crippen LogP contribution in [0.3, 0.4) is 0 Å². The summed E-state index contributed by atoms with van der Waals surface area (Å²) >= 11 is 6.15. The third kappa shape index (κ3) is 2.47. The van der Waals surface area contributed by atoms with Crippen molar-refractivity contribution in [3.05, 3.63) is 51.5 Å². The van der Waals surface area contributed by atoms with E-state index in [1.807, 2.05) is 18.2 Å². The number of anilines is 1. The zero-order valence-corrected chi connectivity index (χ0v) is 14.1. The van der Waals surface area contributed by atoms with Crippen LogP contribution in [-0.2, 0) is 12.5 Å². The molecule has 3 aromatic rings. The quantitative estimate of drug-likeness (QED) is 0.763. The molecule has 4 rings (SSSR count). The number of rotatable bonds is 4. The van der Waals surface area contributed by atoms with Gasteiger partial charge >= 0.3 is 0 Å². The maximum atomic E-state index is 12.2. The molecule has 24 heavy (non-hydrogen) atoms. The highest BCUT2D eigenvalue weighted by Gasteiger charge is 2.38. The van der Waals surface area contributed by atoms with Crippen molar-refractivity contribution in [2.24, 2.45) is 7.05 Å².